The molecule has 1 aliphatic heterocycles. The molecule has 1 N–H and O–H groups in total. The van der Waals surface area contributed by atoms with Crippen LogP contribution >= 0.6 is 51.2 Å². The summed E-state index contributed by atoms with van der Waals surface area (Å²) in [6.45, 7) is 4.23. The van der Waals surface area contributed by atoms with Gasteiger partial charge in [-0.25, -0.2) is 0 Å². The zero-order chi connectivity index (χ0) is 25.7. The van der Waals surface area contributed by atoms with Crippen LogP contribution in [0.3, 0.4) is 0 Å². The molecule has 4 rings (SSSR count). The molecule has 1 aliphatic rings. The van der Waals surface area contributed by atoms with Crippen LogP contribution in [0.2, 0.25) is 0 Å². The zero-order valence-corrected chi connectivity index (χ0v) is 23.2. The molecule has 36 heavy (non-hydrogen) atoms. The van der Waals surface area contributed by atoms with Crippen LogP contribution < -0.4 is 14.9 Å². The van der Waals surface area contributed by atoms with Crippen molar-refractivity contribution in [1.82, 2.24) is 10.4 Å². The molecule has 2 aromatic carbocycles. The third-order valence-corrected chi connectivity index (χ3v) is 7.78. The van der Waals surface area contributed by atoms with Crippen LogP contribution in [-0.2, 0) is 17.8 Å². The Labute approximate surface area is 231 Å². The van der Waals surface area contributed by atoms with E-state index in [1.54, 1.807) is 42.8 Å². The lowest BCUT2D eigenvalue weighted by atomic mass is 10.0. The maximum Gasteiger partial charge on any atom is 0.285 e. The lowest BCUT2D eigenvalue weighted by Gasteiger charge is -2.16. The van der Waals surface area contributed by atoms with E-state index in [0.29, 0.717) is 34.3 Å². The van der Waals surface area contributed by atoms with Gasteiger partial charge in [-0.1, -0.05) is 52.0 Å². The van der Waals surface area contributed by atoms with Crippen LogP contribution in [0.15, 0.2) is 75.9 Å². The molecule has 0 radical (unpaired) electrons. The molecule has 10 heteroatoms. The summed E-state index contributed by atoms with van der Waals surface area (Å²) in [4.78, 5) is 26.3. The van der Waals surface area contributed by atoms with Crippen LogP contribution in [0.5, 0.6) is 11.5 Å². The number of nitrogens with one attached hydrogen (secondary N) is 1. The van der Waals surface area contributed by atoms with Gasteiger partial charge in [0.15, 0.2) is 15.8 Å². The Morgan fingerprint density at radius 2 is 2.03 bits per heavy atom. The Morgan fingerprint density at radius 1 is 1.25 bits per heavy atom. The maximum absolute atomic E-state index is 13.0. The number of carbonyl (C=O) groups is 2. The Morgan fingerprint density at radius 3 is 2.69 bits per heavy atom. The fourth-order valence-electron chi connectivity index (χ4n) is 3.41. The Balaban J connectivity index is 1.57. The number of hydrogen-bond acceptors (Lipinski definition) is 7. The fraction of sp³-hybridized carbons (Fsp3) is 0.115. The van der Waals surface area contributed by atoms with E-state index < -0.39 is 5.91 Å². The second-order valence-corrected chi connectivity index (χ2v) is 11.1. The molecule has 0 atom stereocenters. The molecule has 0 spiro atoms. The molecule has 1 aromatic heterocycles. The van der Waals surface area contributed by atoms with Crippen molar-refractivity contribution in [2.75, 3.05) is 7.11 Å². The van der Waals surface area contributed by atoms with E-state index in [0.717, 1.165) is 37.9 Å². The number of hydrazine groups is 1. The van der Waals surface area contributed by atoms with E-state index in [1.807, 2.05) is 30.3 Å². The van der Waals surface area contributed by atoms with Crippen LogP contribution in [0.4, 0.5) is 0 Å². The molecule has 3 aromatic rings. The van der Waals surface area contributed by atoms with Crippen molar-refractivity contribution in [3.63, 3.8) is 0 Å². The second kappa shape index (κ2) is 11.9. The van der Waals surface area contributed by atoms with Gasteiger partial charge in [0.2, 0.25) is 0 Å². The lowest BCUT2D eigenvalue weighted by molar-refractivity contribution is -0.123. The Hall–Kier alpha value is -2.92. The van der Waals surface area contributed by atoms with Gasteiger partial charge in [0.25, 0.3) is 11.8 Å². The smallest absolute Gasteiger partial charge is 0.285 e. The first-order valence-electron chi connectivity index (χ1n) is 10.7. The molecule has 184 valence electrons. The number of thioether (sulfide) groups is 1. The molecule has 1 saturated heterocycles. The topological polar surface area (TPSA) is 67.9 Å². The number of allylic oxidation sites excluding steroid dienone is 1. The minimum absolute atomic E-state index is 0.254. The van der Waals surface area contributed by atoms with Crippen molar-refractivity contribution in [3.05, 3.63) is 97.5 Å². The van der Waals surface area contributed by atoms with E-state index >= 15 is 0 Å². The van der Waals surface area contributed by atoms with E-state index in [1.165, 1.54) is 11.3 Å². The summed E-state index contributed by atoms with van der Waals surface area (Å²) in [6, 6.07) is 15.1. The summed E-state index contributed by atoms with van der Waals surface area (Å²) >= 11 is 11.2. The molecule has 0 aliphatic carbocycles. The highest BCUT2D eigenvalue weighted by Crippen LogP contribution is 2.37. The van der Waals surface area contributed by atoms with Gasteiger partial charge in [-0.3, -0.25) is 15.0 Å². The first kappa shape index (κ1) is 26.2. The molecule has 0 bridgehead atoms. The number of benzene rings is 2. The lowest BCUT2D eigenvalue weighted by Crippen LogP contribution is -2.44. The maximum atomic E-state index is 13.0. The number of rotatable bonds is 9. The van der Waals surface area contributed by atoms with E-state index in [9.17, 15) is 9.59 Å². The molecule has 2 heterocycles. The number of halogens is 1. The fourth-order valence-corrected chi connectivity index (χ4v) is 5.46. The number of methoxy groups -OCH3 is 1. The van der Waals surface area contributed by atoms with Crippen molar-refractivity contribution in [2.45, 2.75) is 13.0 Å². The average Bonchev–Trinajstić information content (AvgIpc) is 3.49. The largest absolute Gasteiger partial charge is 0.493 e. The van der Waals surface area contributed by atoms with Gasteiger partial charge in [0.05, 0.1) is 16.9 Å². The van der Waals surface area contributed by atoms with E-state index in [4.69, 9.17) is 21.7 Å². The standard InChI is InChI=1S/C26H21BrN2O4S3/c1-3-5-18-12-17(13-20(32-2)23(18)33-15-16-7-9-19(27)10-8-16)14-22-25(31)29(26(34)36-22)28-24(30)21-6-4-11-35-21/h3-4,6-14H,1,5,15H2,2H3,(H,28,30)/b22-14-. The van der Waals surface area contributed by atoms with Crippen molar-refractivity contribution in [3.8, 4) is 11.5 Å². The molecular weight excluding hydrogens is 580 g/mol. The molecule has 1 fully saturated rings. The first-order valence-corrected chi connectivity index (χ1v) is 13.6. The van der Waals surface area contributed by atoms with Crippen molar-refractivity contribution >= 4 is 73.5 Å². The molecule has 0 unspecified atom stereocenters. The SMILES string of the molecule is C=CCc1cc(/C=C2\SC(=S)N(NC(=O)c3cccs3)C2=O)cc(OC)c1OCc1ccc(Br)cc1. The Bertz CT molecular complexity index is 1340. The highest BCUT2D eigenvalue weighted by atomic mass is 79.9. The van der Waals surface area contributed by atoms with Gasteiger partial charge >= 0.3 is 0 Å². The van der Waals surface area contributed by atoms with Crippen LogP contribution in [0.1, 0.15) is 26.4 Å². The Kier molecular flexibility index (Phi) is 8.63. The number of thiocarbonyl (C=S) groups is 1. The quantitative estimate of drug-likeness (QED) is 0.175. The molecule has 2 amide bonds. The summed E-state index contributed by atoms with van der Waals surface area (Å²) in [7, 11) is 1.57. The van der Waals surface area contributed by atoms with Crippen molar-refractivity contribution in [1.29, 1.82) is 0 Å². The molecule has 0 saturated carbocycles. The number of thiophene rings is 1. The number of carbonyl (C=O) groups excluding carboxylic acids is 2. The summed E-state index contributed by atoms with van der Waals surface area (Å²) in [6.07, 6.45) is 4.06. The molecule has 6 nitrogen and oxygen atoms in total. The van der Waals surface area contributed by atoms with Gasteiger partial charge in [-0.2, -0.15) is 5.01 Å². The zero-order valence-electron chi connectivity index (χ0n) is 19.2. The normalized spacial score (nSPS) is 14.3. The summed E-state index contributed by atoms with van der Waals surface area (Å²) < 4.78 is 13.0. The van der Waals surface area contributed by atoms with Gasteiger partial charge in [-0.05, 0) is 71.6 Å². The molecular formula is C26H21BrN2O4S3. The van der Waals surface area contributed by atoms with Crippen molar-refractivity contribution in [2.24, 2.45) is 0 Å². The number of amides is 2. The van der Waals surface area contributed by atoms with Crippen LogP contribution in [0, 0.1) is 0 Å². The van der Waals surface area contributed by atoms with Gasteiger partial charge in [0, 0.05) is 10.0 Å². The first-order chi connectivity index (χ1) is 17.4. The van der Waals surface area contributed by atoms with Gasteiger partial charge in [0.1, 0.15) is 6.61 Å². The van der Waals surface area contributed by atoms with Crippen LogP contribution in [-0.4, -0.2) is 28.3 Å². The summed E-state index contributed by atoms with van der Waals surface area (Å²) in [5.74, 6) is 0.381. The second-order valence-electron chi connectivity index (χ2n) is 7.55. The minimum atomic E-state index is -0.394. The average molecular weight is 602 g/mol. The third-order valence-electron chi connectivity index (χ3n) is 5.08. The van der Waals surface area contributed by atoms with Crippen molar-refractivity contribution < 1.29 is 19.1 Å². The van der Waals surface area contributed by atoms with Gasteiger partial charge in [-0.15, -0.1) is 17.9 Å². The van der Waals surface area contributed by atoms with Gasteiger partial charge < -0.3 is 9.47 Å². The number of nitrogens with zero attached hydrogens (tertiary/aromatic N) is 1. The highest BCUT2D eigenvalue weighted by Gasteiger charge is 2.34. The summed E-state index contributed by atoms with van der Waals surface area (Å²) in [5.41, 5.74) is 5.21. The summed E-state index contributed by atoms with van der Waals surface area (Å²) in [5, 5.41) is 2.89. The third kappa shape index (κ3) is 6.07. The number of hydrogen-bond donors (Lipinski definition) is 1. The van der Waals surface area contributed by atoms with Crippen LogP contribution in [0.25, 0.3) is 6.08 Å². The monoisotopic (exact) mass is 600 g/mol. The van der Waals surface area contributed by atoms with E-state index in [2.05, 4.69) is 27.9 Å². The predicted octanol–water partition coefficient (Wildman–Crippen LogP) is 6.37. The minimum Gasteiger partial charge on any atom is -0.493 e. The highest BCUT2D eigenvalue weighted by molar-refractivity contribution is 9.10. The predicted molar refractivity (Wildman–Crippen MR) is 152 cm³/mol. The van der Waals surface area contributed by atoms with E-state index in [-0.39, 0.29) is 10.2 Å². The number of ether oxygens (including phenoxy) is 2.